The van der Waals surface area contributed by atoms with E-state index in [1.54, 1.807) is 17.3 Å². The molecule has 0 aliphatic carbocycles. The first-order valence-electron chi connectivity index (χ1n) is 8.35. The molecule has 9 nitrogen and oxygen atoms in total. The van der Waals surface area contributed by atoms with Gasteiger partial charge in [0.15, 0.2) is 5.65 Å². The Bertz CT molecular complexity index is 954. The number of urea groups is 1. The van der Waals surface area contributed by atoms with Gasteiger partial charge in [0.2, 0.25) is 0 Å². The maximum atomic E-state index is 11.8. The largest absolute Gasteiger partial charge is 0.352 e. The predicted molar refractivity (Wildman–Crippen MR) is 91.9 cm³/mol. The molecule has 2 fully saturated rings. The van der Waals surface area contributed by atoms with Gasteiger partial charge in [0.05, 0.1) is 24.1 Å². The molecule has 5 rings (SSSR count). The molecule has 2 aliphatic heterocycles. The highest BCUT2D eigenvalue weighted by Crippen LogP contribution is 2.29. The maximum Gasteiger partial charge on any atom is 0.322 e. The Labute approximate surface area is 143 Å². The van der Waals surface area contributed by atoms with E-state index in [0.717, 1.165) is 35.9 Å². The molecular weight excluding hydrogens is 320 g/mol. The summed E-state index contributed by atoms with van der Waals surface area (Å²) in [5, 5.41) is 11.6. The third-order valence-corrected chi connectivity index (χ3v) is 4.79. The summed E-state index contributed by atoms with van der Waals surface area (Å²) in [6.45, 7) is 5.07. The Hall–Kier alpha value is -3.10. The van der Waals surface area contributed by atoms with Gasteiger partial charge in [0.25, 0.3) is 0 Å². The van der Waals surface area contributed by atoms with Crippen LogP contribution in [-0.2, 0) is 0 Å². The highest BCUT2D eigenvalue weighted by Gasteiger charge is 2.32. The lowest BCUT2D eigenvalue weighted by Gasteiger charge is -2.40. The number of aryl methyl sites for hydroxylation is 1. The molecule has 1 N–H and O–H groups in total. The third-order valence-electron chi connectivity index (χ3n) is 4.79. The molecule has 3 aromatic heterocycles. The van der Waals surface area contributed by atoms with Crippen LogP contribution in [0.5, 0.6) is 0 Å². The van der Waals surface area contributed by atoms with Gasteiger partial charge in [-0.25, -0.2) is 9.78 Å². The van der Waals surface area contributed by atoms with Gasteiger partial charge >= 0.3 is 6.03 Å². The van der Waals surface area contributed by atoms with E-state index in [4.69, 9.17) is 0 Å². The highest BCUT2D eigenvalue weighted by atomic mass is 16.2. The van der Waals surface area contributed by atoms with Gasteiger partial charge in [-0.15, -0.1) is 0 Å². The van der Waals surface area contributed by atoms with Crippen LogP contribution in [0.1, 0.15) is 11.7 Å². The summed E-state index contributed by atoms with van der Waals surface area (Å²) in [4.78, 5) is 20.2. The van der Waals surface area contributed by atoms with Crippen molar-refractivity contribution in [3.05, 3.63) is 36.4 Å². The van der Waals surface area contributed by atoms with Gasteiger partial charge in [0, 0.05) is 50.2 Å². The second-order valence-electron chi connectivity index (χ2n) is 6.48. The molecule has 5 heterocycles. The predicted octanol–water partition coefficient (Wildman–Crippen LogP) is 0.825. The fourth-order valence-corrected chi connectivity index (χ4v) is 3.44. The number of rotatable bonds is 3. The van der Waals surface area contributed by atoms with E-state index in [1.807, 2.05) is 28.4 Å². The number of hydrogen-bond acceptors (Lipinski definition) is 5. The van der Waals surface area contributed by atoms with Crippen molar-refractivity contribution in [2.24, 2.45) is 0 Å². The van der Waals surface area contributed by atoms with Crippen LogP contribution in [0.2, 0.25) is 0 Å². The first kappa shape index (κ1) is 14.3. The summed E-state index contributed by atoms with van der Waals surface area (Å²) >= 11 is 0. The number of nitrogens with zero attached hydrogens (tertiary/aromatic N) is 7. The molecule has 2 amide bonds. The standard InChI is InChI=1S/C16H18N8O/c1-11-6-15(24-14(20-11)2-3-18-24)21-8-13(9-21)23-10-12(7-19-23)22-5-4-17-16(22)25/h2-3,6-7,10,13H,4-5,8-9H2,1H3,(H,17,25). The molecular formula is C16H18N8O. The number of fused-ring (bicyclic) bond motifs is 1. The number of hydrogen-bond donors (Lipinski definition) is 1. The maximum absolute atomic E-state index is 11.8. The molecule has 0 atom stereocenters. The molecule has 25 heavy (non-hydrogen) atoms. The average molecular weight is 338 g/mol. The average Bonchev–Trinajstić information content (AvgIpc) is 3.25. The highest BCUT2D eigenvalue weighted by molar-refractivity contribution is 5.93. The topological polar surface area (TPSA) is 83.6 Å². The minimum atomic E-state index is -0.0527. The molecule has 9 heteroatoms. The number of carbonyl (C=O) groups excluding carboxylic acids is 1. The number of amides is 2. The molecule has 3 aromatic rings. The summed E-state index contributed by atoms with van der Waals surface area (Å²) in [6.07, 6.45) is 5.48. The van der Waals surface area contributed by atoms with Crippen molar-refractivity contribution in [1.82, 2.24) is 29.7 Å². The lowest BCUT2D eigenvalue weighted by atomic mass is 10.1. The van der Waals surface area contributed by atoms with E-state index in [0.29, 0.717) is 19.1 Å². The Balaban J connectivity index is 1.34. The first-order chi connectivity index (χ1) is 12.2. The lowest BCUT2D eigenvalue weighted by molar-refractivity contribution is 0.252. The van der Waals surface area contributed by atoms with Gasteiger partial charge in [-0.1, -0.05) is 0 Å². The van der Waals surface area contributed by atoms with Gasteiger partial charge in [-0.2, -0.15) is 14.7 Å². The molecule has 0 bridgehead atoms. The Kier molecular flexibility index (Phi) is 2.97. The molecule has 2 saturated heterocycles. The molecule has 0 saturated carbocycles. The molecule has 0 spiro atoms. The summed E-state index contributed by atoms with van der Waals surface area (Å²) in [5.74, 6) is 1.05. The van der Waals surface area contributed by atoms with Crippen molar-refractivity contribution in [1.29, 1.82) is 0 Å². The van der Waals surface area contributed by atoms with Crippen molar-refractivity contribution in [2.45, 2.75) is 13.0 Å². The first-order valence-corrected chi connectivity index (χ1v) is 8.35. The van der Waals surface area contributed by atoms with Gasteiger partial charge in [-0.05, 0) is 6.92 Å². The van der Waals surface area contributed by atoms with Crippen LogP contribution in [0.25, 0.3) is 5.65 Å². The number of aromatic nitrogens is 5. The van der Waals surface area contributed by atoms with Crippen LogP contribution in [0.4, 0.5) is 16.3 Å². The zero-order valence-corrected chi connectivity index (χ0v) is 13.8. The quantitative estimate of drug-likeness (QED) is 0.765. The van der Waals surface area contributed by atoms with E-state index in [2.05, 4.69) is 31.5 Å². The van der Waals surface area contributed by atoms with Crippen LogP contribution < -0.4 is 15.1 Å². The van der Waals surface area contributed by atoms with E-state index < -0.39 is 0 Å². The molecule has 2 aliphatic rings. The minimum absolute atomic E-state index is 0.0527. The monoisotopic (exact) mass is 338 g/mol. The van der Waals surface area contributed by atoms with E-state index in [-0.39, 0.29) is 6.03 Å². The minimum Gasteiger partial charge on any atom is -0.352 e. The Morgan fingerprint density at radius 1 is 1.28 bits per heavy atom. The summed E-state index contributed by atoms with van der Waals surface area (Å²) < 4.78 is 3.82. The van der Waals surface area contributed by atoms with Crippen molar-refractivity contribution in [3.63, 3.8) is 0 Å². The van der Waals surface area contributed by atoms with Crippen LogP contribution in [0.3, 0.4) is 0 Å². The Morgan fingerprint density at radius 2 is 2.16 bits per heavy atom. The van der Waals surface area contributed by atoms with Crippen molar-refractivity contribution < 1.29 is 4.79 Å². The van der Waals surface area contributed by atoms with Crippen molar-refractivity contribution in [3.8, 4) is 0 Å². The second kappa shape index (κ2) is 5.20. The number of nitrogens with one attached hydrogen (secondary N) is 1. The van der Waals surface area contributed by atoms with Crippen molar-refractivity contribution in [2.75, 3.05) is 36.0 Å². The lowest BCUT2D eigenvalue weighted by Crippen LogP contribution is -2.48. The third kappa shape index (κ3) is 2.23. The zero-order valence-electron chi connectivity index (χ0n) is 13.8. The van der Waals surface area contributed by atoms with Crippen LogP contribution in [0.15, 0.2) is 30.7 Å². The van der Waals surface area contributed by atoms with Crippen LogP contribution in [0, 0.1) is 6.92 Å². The fraction of sp³-hybridized carbons (Fsp3) is 0.375. The van der Waals surface area contributed by atoms with E-state index in [9.17, 15) is 4.79 Å². The summed E-state index contributed by atoms with van der Waals surface area (Å²) in [6, 6.07) is 4.20. The molecule has 128 valence electrons. The summed E-state index contributed by atoms with van der Waals surface area (Å²) in [5.41, 5.74) is 2.69. The second-order valence-corrected chi connectivity index (χ2v) is 6.48. The SMILES string of the molecule is Cc1cc(N2CC(n3cc(N4CCNC4=O)cn3)C2)n2nccc2n1. The summed E-state index contributed by atoms with van der Waals surface area (Å²) in [7, 11) is 0. The van der Waals surface area contributed by atoms with Crippen LogP contribution in [-0.4, -0.2) is 56.6 Å². The van der Waals surface area contributed by atoms with Crippen molar-refractivity contribution >= 4 is 23.2 Å². The molecule has 0 unspecified atom stereocenters. The van der Waals surface area contributed by atoms with Gasteiger partial charge < -0.3 is 10.2 Å². The van der Waals surface area contributed by atoms with E-state index in [1.165, 1.54) is 0 Å². The smallest absolute Gasteiger partial charge is 0.322 e. The number of anilines is 2. The molecule has 0 radical (unpaired) electrons. The van der Waals surface area contributed by atoms with Gasteiger partial charge in [0.1, 0.15) is 5.82 Å². The normalized spacial score (nSPS) is 18.0. The number of carbonyl (C=O) groups is 1. The zero-order chi connectivity index (χ0) is 17.0. The molecule has 0 aromatic carbocycles. The van der Waals surface area contributed by atoms with E-state index >= 15 is 0 Å². The van der Waals surface area contributed by atoms with Gasteiger partial charge in [-0.3, -0.25) is 9.58 Å². The fourth-order valence-electron chi connectivity index (χ4n) is 3.44. The van der Waals surface area contributed by atoms with Crippen LogP contribution >= 0.6 is 0 Å². The Morgan fingerprint density at radius 3 is 2.96 bits per heavy atom.